The first-order valence-corrected chi connectivity index (χ1v) is 4.60. The largest absolute Gasteiger partial charge is 0.469 e. The fourth-order valence-electron chi connectivity index (χ4n) is 1.44. The van der Waals surface area contributed by atoms with E-state index in [1.54, 1.807) is 0 Å². The number of carbonyl (C=O) groups is 1. The molecule has 0 spiro atoms. The molecule has 76 valence electrons. The Hall–Kier alpha value is -1.35. The van der Waals surface area contributed by atoms with Crippen molar-refractivity contribution in [1.29, 1.82) is 0 Å². The number of rotatable bonds is 3. The van der Waals surface area contributed by atoms with Crippen molar-refractivity contribution >= 4 is 5.97 Å². The van der Waals surface area contributed by atoms with Crippen LogP contribution < -0.4 is 5.73 Å². The van der Waals surface area contributed by atoms with Gasteiger partial charge in [-0.25, -0.2) is 0 Å². The second-order valence-corrected chi connectivity index (χ2v) is 3.33. The summed E-state index contributed by atoms with van der Waals surface area (Å²) < 4.78 is 4.60. The summed E-state index contributed by atoms with van der Waals surface area (Å²) in [4.78, 5) is 11.0. The minimum atomic E-state index is -0.215. The maximum Gasteiger partial charge on any atom is 0.311 e. The fourth-order valence-corrected chi connectivity index (χ4v) is 1.44. The Labute approximate surface area is 83.9 Å². The number of benzene rings is 1. The van der Waals surface area contributed by atoms with E-state index in [1.165, 1.54) is 7.11 Å². The summed E-state index contributed by atoms with van der Waals surface area (Å²) in [6.07, 6.45) is 0.335. The molecule has 14 heavy (non-hydrogen) atoms. The van der Waals surface area contributed by atoms with Crippen LogP contribution in [0, 0.1) is 6.92 Å². The van der Waals surface area contributed by atoms with Gasteiger partial charge in [-0.2, -0.15) is 0 Å². The predicted molar refractivity (Wildman–Crippen MR) is 53.4 cm³/mol. The number of ether oxygens (including phenoxy) is 1. The average Bonchev–Trinajstić information content (AvgIpc) is 2.18. The minimum Gasteiger partial charge on any atom is -0.469 e. The molecule has 0 aliphatic heterocycles. The van der Waals surface area contributed by atoms with Crippen LogP contribution in [0.5, 0.6) is 0 Å². The number of hydrogen-bond acceptors (Lipinski definition) is 2. The van der Waals surface area contributed by atoms with E-state index in [-0.39, 0.29) is 12.0 Å². The maximum atomic E-state index is 11.0. The van der Waals surface area contributed by atoms with Gasteiger partial charge < -0.3 is 10.5 Å². The quantitative estimate of drug-likeness (QED) is 0.725. The molecule has 1 aromatic carbocycles. The number of esters is 1. The Kier molecular flexibility index (Phi) is 3.65. The van der Waals surface area contributed by atoms with Gasteiger partial charge in [0, 0.05) is 5.56 Å². The highest BCUT2D eigenvalue weighted by Crippen LogP contribution is 2.16. The molecule has 0 bridgehead atoms. The normalized spacial score (nSPS) is 12.2. The lowest BCUT2D eigenvalue weighted by Gasteiger charge is -2.09. The Bertz CT molecular complexity index is 323. The monoisotopic (exact) mass is 194 g/mol. The summed E-state index contributed by atoms with van der Waals surface area (Å²) in [7, 11) is 1.40. The van der Waals surface area contributed by atoms with E-state index in [0.717, 1.165) is 11.1 Å². The highest BCUT2D eigenvalue weighted by molar-refractivity contribution is 5.70. The lowest BCUT2D eigenvalue weighted by atomic mass is 10.00. The standard InChI is InChI=1S/C11H15NO2/c1-8-5-3-4-6-9(8)10(12)7-11(13)14-2/h3-6,10H,7,12H2,1-2H3/p+1. The van der Waals surface area contributed by atoms with E-state index in [9.17, 15) is 4.79 Å². The molecule has 0 aromatic heterocycles. The topological polar surface area (TPSA) is 53.9 Å². The zero-order valence-electron chi connectivity index (χ0n) is 8.62. The van der Waals surface area contributed by atoms with Crippen molar-refractivity contribution in [2.24, 2.45) is 0 Å². The summed E-state index contributed by atoms with van der Waals surface area (Å²) in [5.41, 5.74) is 6.23. The molecule has 0 amide bonds. The average molecular weight is 194 g/mol. The van der Waals surface area contributed by atoms with Gasteiger partial charge in [0.2, 0.25) is 0 Å². The minimum absolute atomic E-state index is 0.0244. The molecule has 3 heteroatoms. The molecule has 0 saturated carbocycles. The molecule has 3 nitrogen and oxygen atoms in total. The summed E-state index contributed by atoms with van der Waals surface area (Å²) in [5.74, 6) is -0.215. The molecule has 0 saturated heterocycles. The zero-order valence-corrected chi connectivity index (χ0v) is 8.62. The van der Waals surface area contributed by atoms with Crippen molar-refractivity contribution in [3.63, 3.8) is 0 Å². The fraction of sp³-hybridized carbons (Fsp3) is 0.364. The molecular weight excluding hydrogens is 178 g/mol. The van der Waals surface area contributed by atoms with E-state index < -0.39 is 0 Å². The van der Waals surface area contributed by atoms with E-state index in [2.05, 4.69) is 10.5 Å². The van der Waals surface area contributed by atoms with Crippen LogP contribution in [0.3, 0.4) is 0 Å². The van der Waals surface area contributed by atoms with Gasteiger partial charge in [-0.1, -0.05) is 24.3 Å². The van der Waals surface area contributed by atoms with E-state index in [0.29, 0.717) is 6.42 Å². The maximum absolute atomic E-state index is 11.0. The third-order valence-electron chi connectivity index (χ3n) is 2.27. The van der Waals surface area contributed by atoms with Crippen molar-refractivity contribution in [3.8, 4) is 0 Å². The number of hydrogen-bond donors (Lipinski definition) is 1. The Balaban J connectivity index is 2.74. The first-order valence-electron chi connectivity index (χ1n) is 4.60. The van der Waals surface area contributed by atoms with Crippen LogP contribution in [-0.4, -0.2) is 13.1 Å². The summed E-state index contributed by atoms with van der Waals surface area (Å²) in [6, 6.07) is 7.92. The highest BCUT2D eigenvalue weighted by atomic mass is 16.5. The lowest BCUT2D eigenvalue weighted by molar-refractivity contribution is -0.425. The Morgan fingerprint density at radius 2 is 2.14 bits per heavy atom. The Morgan fingerprint density at radius 3 is 2.71 bits per heavy atom. The van der Waals surface area contributed by atoms with Gasteiger partial charge >= 0.3 is 5.97 Å². The SMILES string of the molecule is COC(=O)CC([NH3+])c1ccccc1C. The van der Waals surface area contributed by atoms with Crippen molar-refractivity contribution < 1.29 is 15.3 Å². The van der Waals surface area contributed by atoms with Gasteiger partial charge in [-0.05, 0) is 12.5 Å². The van der Waals surface area contributed by atoms with Gasteiger partial charge in [-0.3, -0.25) is 4.79 Å². The Morgan fingerprint density at radius 1 is 1.50 bits per heavy atom. The number of quaternary nitrogens is 1. The van der Waals surface area contributed by atoms with Crippen LogP contribution >= 0.6 is 0 Å². The molecule has 0 fully saturated rings. The molecule has 3 N–H and O–H groups in total. The van der Waals surface area contributed by atoms with E-state index in [1.807, 2.05) is 31.2 Å². The first-order chi connectivity index (χ1) is 6.65. The predicted octanol–water partition coefficient (Wildman–Crippen LogP) is 0.841. The molecule has 0 heterocycles. The van der Waals surface area contributed by atoms with Crippen molar-refractivity contribution in [2.75, 3.05) is 7.11 Å². The summed E-state index contributed by atoms with van der Waals surface area (Å²) in [5, 5.41) is 0. The van der Waals surface area contributed by atoms with E-state index in [4.69, 9.17) is 0 Å². The second-order valence-electron chi connectivity index (χ2n) is 3.33. The van der Waals surface area contributed by atoms with Gasteiger partial charge in [-0.15, -0.1) is 0 Å². The van der Waals surface area contributed by atoms with Crippen molar-refractivity contribution in [3.05, 3.63) is 35.4 Å². The van der Waals surface area contributed by atoms with E-state index >= 15 is 0 Å². The van der Waals surface area contributed by atoms with Gasteiger partial charge in [0.05, 0.1) is 7.11 Å². The molecule has 1 unspecified atom stereocenters. The molecule has 1 aromatic rings. The third kappa shape index (κ3) is 2.57. The van der Waals surface area contributed by atoms with Crippen LogP contribution in [0.25, 0.3) is 0 Å². The molecule has 0 radical (unpaired) electrons. The van der Waals surface area contributed by atoms with Gasteiger partial charge in [0.15, 0.2) is 0 Å². The van der Waals surface area contributed by atoms with Crippen LogP contribution in [0.15, 0.2) is 24.3 Å². The van der Waals surface area contributed by atoms with Crippen LogP contribution in [0.2, 0.25) is 0 Å². The molecule has 0 aliphatic carbocycles. The van der Waals surface area contributed by atoms with Crippen LogP contribution in [0.4, 0.5) is 0 Å². The number of carbonyl (C=O) groups excluding carboxylic acids is 1. The van der Waals surface area contributed by atoms with Crippen LogP contribution in [-0.2, 0) is 9.53 Å². The van der Waals surface area contributed by atoms with Crippen LogP contribution in [0.1, 0.15) is 23.6 Å². The highest BCUT2D eigenvalue weighted by Gasteiger charge is 2.16. The molecule has 1 atom stereocenters. The zero-order chi connectivity index (χ0) is 10.6. The van der Waals surface area contributed by atoms with Crippen molar-refractivity contribution in [2.45, 2.75) is 19.4 Å². The lowest BCUT2D eigenvalue weighted by Crippen LogP contribution is -2.54. The first kappa shape index (κ1) is 10.7. The third-order valence-corrected chi connectivity index (χ3v) is 2.27. The van der Waals surface area contributed by atoms with Gasteiger partial charge in [0.25, 0.3) is 0 Å². The van der Waals surface area contributed by atoms with Gasteiger partial charge in [0.1, 0.15) is 12.5 Å². The van der Waals surface area contributed by atoms with Crippen molar-refractivity contribution in [1.82, 2.24) is 0 Å². The summed E-state index contributed by atoms with van der Waals surface area (Å²) in [6.45, 7) is 2.02. The number of methoxy groups -OCH3 is 1. The molecule has 1 rings (SSSR count). The summed E-state index contributed by atoms with van der Waals surface area (Å²) >= 11 is 0. The molecule has 0 aliphatic rings. The molecular formula is C11H16NO2+. The second kappa shape index (κ2) is 4.77. The smallest absolute Gasteiger partial charge is 0.311 e. The number of aryl methyl sites for hydroxylation is 1.